The standard InChI is InChI=1S/C17H30N2O/c1-4-12-18-15(2)16-8-10-17(11-9-16)19(3)13-6-5-7-14-20/h8-11,15,18,20H,4-7,12-14H2,1-3H3. The van der Waals surface area contributed by atoms with Crippen LogP contribution < -0.4 is 10.2 Å². The largest absolute Gasteiger partial charge is 0.396 e. The molecule has 1 unspecified atom stereocenters. The van der Waals surface area contributed by atoms with Crippen LogP contribution in [0.4, 0.5) is 5.69 Å². The second-order valence-electron chi connectivity index (χ2n) is 5.47. The Morgan fingerprint density at radius 1 is 1.15 bits per heavy atom. The molecule has 0 aliphatic rings. The zero-order valence-corrected chi connectivity index (χ0v) is 13.2. The Kier molecular flexibility index (Phi) is 8.31. The van der Waals surface area contributed by atoms with E-state index >= 15 is 0 Å². The fraction of sp³-hybridized carbons (Fsp3) is 0.647. The van der Waals surface area contributed by atoms with Gasteiger partial charge in [0.1, 0.15) is 0 Å². The van der Waals surface area contributed by atoms with E-state index in [1.54, 1.807) is 0 Å². The first-order valence-corrected chi connectivity index (χ1v) is 7.84. The summed E-state index contributed by atoms with van der Waals surface area (Å²) in [4.78, 5) is 2.28. The number of unbranched alkanes of at least 4 members (excludes halogenated alkanes) is 2. The summed E-state index contributed by atoms with van der Waals surface area (Å²) in [5.74, 6) is 0. The van der Waals surface area contributed by atoms with Gasteiger partial charge in [0, 0.05) is 31.9 Å². The average molecular weight is 278 g/mol. The van der Waals surface area contributed by atoms with Gasteiger partial charge in [-0.05, 0) is 56.8 Å². The molecule has 0 aliphatic heterocycles. The minimum atomic E-state index is 0.307. The van der Waals surface area contributed by atoms with Gasteiger partial charge >= 0.3 is 0 Å². The monoisotopic (exact) mass is 278 g/mol. The summed E-state index contributed by atoms with van der Waals surface area (Å²) >= 11 is 0. The van der Waals surface area contributed by atoms with Crippen molar-refractivity contribution < 1.29 is 5.11 Å². The second kappa shape index (κ2) is 9.78. The summed E-state index contributed by atoms with van der Waals surface area (Å²) in [6, 6.07) is 9.25. The van der Waals surface area contributed by atoms with Gasteiger partial charge in [0.2, 0.25) is 0 Å². The number of aliphatic hydroxyl groups is 1. The molecule has 0 amide bonds. The lowest BCUT2D eigenvalue weighted by Crippen LogP contribution is -2.20. The van der Waals surface area contributed by atoms with Crippen molar-refractivity contribution >= 4 is 5.69 Å². The normalized spacial score (nSPS) is 12.4. The molecule has 0 aromatic heterocycles. The molecule has 114 valence electrons. The molecule has 3 nitrogen and oxygen atoms in total. The minimum absolute atomic E-state index is 0.307. The molecule has 3 heteroatoms. The second-order valence-corrected chi connectivity index (χ2v) is 5.47. The lowest BCUT2D eigenvalue weighted by molar-refractivity contribution is 0.283. The van der Waals surface area contributed by atoms with Crippen LogP contribution in [0, 0.1) is 0 Å². The highest BCUT2D eigenvalue weighted by Gasteiger charge is 2.05. The van der Waals surface area contributed by atoms with Crippen molar-refractivity contribution in [2.45, 2.75) is 45.6 Å². The van der Waals surface area contributed by atoms with Gasteiger partial charge in [-0.1, -0.05) is 19.1 Å². The van der Waals surface area contributed by atoms with E-state index in [-0.39, 0.29) is 0 Å². The third kappa shape index (κ3) is 5.93. The van der Waals surface area contributed by atoms with Crippen molar-refractivity contribution in [1.82, 2.24) is 5.32 Å². The zero-order chi connectivity index (χ0) is 14.8. The SMILES string of the molecule is CCCNC(C)c1ccc(N(C)CCCCCO)cc1. The van der Waals surface area contributed by atoms with Crippen LogP contribution >= 0.6 is 0 Å². The third-order valence-electron chi connectivity index (χ3n) is 3.69. The average Bonchev–Trinajstić information content (AvgIpc) is 2.49. The number of nitrogens with one attached hydrogen (secondary N) is 1. The molecule has 20 heavy (non-hydrogen) atoms. The molecule has 0 saturated heterocycles. The van der Waals surface area contributed by atoms with Crippen molar-refractivity contribution in [2.75, 3.05) is 31.6 Å². The van der Waals surface area contributed by atoms with Gasteiger partial charge in [-0.2, -0.15) is 0 Å². The Labute approximate surface area is 124 Å². The number of aliphatic hydroxyl groups excluding tert-OH is 1. The minimum Gasteiger partial charge on any atom is -0.396 e. The maximum atomic E-state index is 8.77. The van der Waals surface area contributed by atoms with Crippen molar-refractivity contribution in [2.24, 2.45) is 0 Å². The van der Waals surface area contributed by atoms with Gasteiger partial charge in [0.25, 0.3) is 0 Å². The molecule has 0 radical (unpaired) electrons. The summed E-state index contributed by atoms with van der Waals surface area (Å²) in [6.45, 7) is 6.82. The molecule has 1 aromatic rings. The summed E-state index contributed by atoms with van der Waals surface area (Å²) < 4.78 is 0. The summed E-state index contributed by atoms with van der Waals surface area (Å²) in [6.07, 6.45) is 4.30. The Balaban J connectivity index is 2.44. The van der Waals surface area contributed by atoms with Crippen LogP contribution in [0.5, 0.6) is 0 Å². The van der Waals surface area contributed by atoms with Gasteiger partial charge in [0.15, 0.2) is 0 Å². The lowest BCUT2D eigenvalue weighted by Gasteiger charge is -2.20. The van der Waals surface area contributed by atoms with E-state index in [0.29, 0.717) is 12.6 Å². The van der Waals surface area contributed by atoms with Crippen LogP contribution in [0.2, 0.25) is 0 Å². The quantitative estimate of drug-likeness (QED) is 0.644. The Morgan fingerprint density at radius 3 is 2.45 bits per heavy atom. The molecule has 0 bridgehead atoms. The van der Waals surface area contributed by atoms with Crippen molar-refractivity contribution in [1.29, 1.82) is 0 Å². The number of hydrogen-bond acceptors (Lipinski definition) is 3. The number of benzene rings is 1. The molecule has 1 rings (SSSR count). The molecule has 2 N–H and O–H groups in total. The van der Waals surface area contributed by atoms with Crippen LogP contribution in [0.25, 0.3) is 0 Å². The van der Waals surface area contributed by atoms with Crippen molar-refractivity contribution in [3.63, 3.8) is 0 Å². The van der Waals surface area contributed by atoms with Gasteiger partial charge < -0.3 is 15.3 Å². The smallest absolute Gasteiger partial charge is 0.0431 e. The van der Waals surface area contributed by atoms with Crippen LogP contribution in [-0.4, -0.2) is 31.9 Å². The Bertz CT molecular complexity index is 351. The predicted octanol–water partition coefficient (Wildman–Crippen LogP) is 3.35. The van der Waals surface area contributed by atoms with Gasteiger partial charge in [0.05, 0.1) is 0 Å². The highest BCUT2D eigenvalue weighted by atomic mass is 16.2. The van der Waals surface area contributed by atoms with Crippen molar-refractivity contribution in [3.05, 3.63) is 29.8 Å². The number of rotatable bonds is 10. The van der Waals surface area contributed by atoms with E-state index in [1.807, 2.05) is 0 Å². The molecule has 1 aromatic carbocycles. The molecule has 0 saturated carbocycles. The predicted molar refractivity (Wildman–Crippen MR) is 87.4 cm³/mol. The highest BCUT2D eigenvalue weighted by Crippen LogP contribution is 2.18. The van der Waals surface area contributed by atoms with E-state index in [9.17, 15) is 0 Å². The number of nitrogens with zero attached hydrogens (tertiary/aromatic N) is 1. The van der Waals surface area contributed by atoms with Gasteiger partial charge in [-0.3, -0.25) is 0 Å². The number of hydrogen-bond donors (Lipinski definition) is 2. The molecular formula is C17H30N2O. The molecule has 0 aliphatic carbocycles. The van der Waals surface area contributed by atoms with Gasteiger partial charge in [-0.25, -0.2) is 0 Å². The summed E-state index contributed by atoms with van der Waals surface area (Å²) in [5, 5.41) is 12.3. The van der Waals surface area contributed by atoms with E-state index in [0.717, 1.165) is 32.4 Å². The molecular weight excluding hydrogens is 248 g/mol. The first kappa shape index (κ1) is 17.0. The molecule has 1 atom stereocenters. The highest BCUT2D eigenvalue weighted by molar-refractivity contribution is 5.47. The summed E-state index contributed by atoms with van der Waals surface area (Å²) in [5.41, 5.74) is 2.61. The zero-order valence-electron chi connectivity index (χ0n) is 13.2. The fourth-order valence-corrected chi connectivity index (χ4v) is 2.26. The Hall–Kier alpha value is -1.06. The van der Waals surface area contributed by atoms with Crippen LogP contribution in [0.1, 0.15) is 51.1 Å². The molecule has 0 heterocycles. The summed E-state index contributed by atoms with van der Waals surface area (Å²) in [7, 11) is 2.13. The maximum absolute atomic E-state index is 8.77. The fourth-order valence-electron chi connectivity index (χ4n) is 2.26. The van der Waals surface area contributed by atoms with Crippen molar-refractivity contribution in [3.8, 4) is 0 Å². The van der Waals surface area contributed by atoms with Crippen LogP contribution in [0.15, 0.2) is 24.3 Å². The van der Waals surface area contributed by atoms with E-state index in [4.69, 9.17) is 5.11 Å². The van der Waals surface area contributed by atoms with Gasteiger partial charge in [-0.15, -0.1) is 0 Å². The van der Waals surface area contributed by atoms with E-state index in [2.05, 4.69) is 55.4 Å². The number of anilines is 1. The topological polar surface area (TPSA) is 35.5 Å². The maximum Gasteiger partial charge on any atom is 0.0431 e. The Morgan fingerprint density at radius 2 is 1.85 bits per heavy atom. The third-order valence-corrected chi connectivity index (χ3v) is 3.69. The van der Waals surface area contributed by atoms with E-state index < -0.39 is 0 Å². The first-order valence-electron chi connectivity index (χ1n) is 7.84. The molecule has 0 spiro atoms. The lowest BCUT2D eigenvalue weighted by atomic mass is 10.1. The van der Waals surface area contributed by atoms with E-state index in [1.165, 1.54) is 17.7 Å². The van der Waals surface area contributed by atoms with Crippen LogP contribution in [-0.2, 0) is 0 Å². The van der Waals surface area contributed by atoms with Crippen LogP contribution in [0.3, 0.4) is 0 Å². The first-order chi connectivity index (χ1) is 9.69. The molecule has 0 fully saturated rings.